The Bertz CT molecular complexity index is 1080. The molecular weight excluding hydrogens is 504 g/mol. The SMILES string of the molecule is C#Cc1ccc(CCC2CCC(CC(C)CC=C(C=C)CC(C)C(=C)C3=CCCC(CCCCCC)C=C3)CC2)cc1. The Balaban J connectivity index is 1.37. The molecule has 1 aromatic rings. The maximum absolute atomic E-state index is 5.49. The number of benzene rings is 1. The molecule has 2 aliphatic rings. The Morgan fingerprint density at radius 1 is 1.00 bits per heavy atom. The second-order valence-electron chi connectivity index (χ2n) is 13.7. The fourth-order valence-electron chi connectivity index (χ4n) is 7.09. The summed E-state index contributed by atoms with van der Waals surface area (Å²) in [5, 5.41) is 0. The number of terminal acetylenes is 1. The molecule has 2 aliphatic carbocycles. The van der Waals surface area contributed by atoms with E-state index >= 15 is 0 Å². The number of allylic oxidation sites excluding steroid dienone is 8. The molecule has 228 valence electrons. The molecule has 1 aromatic carbocycles. The number of hydrogen-bond acceptors (Lipinski definition) is 0. The van der Waals surface area contributed by atoms with Crippen LogP contribution in [0, 0.1) is 41.9 Å². The zero-order valence-electron chi connectivity index (χ0n) is 27.4. The molecule has 0 aromatic heterocycles. The molecule has 0 bridgehead atoms. The molecule has 3 rings (SSSR count). The Kier molecular flexibility index (Phi) is 15.3. The molecule has 0 amide bonds. The second kappa shape index (κ2) is 18.9. The molecule has 42 heavy (non-hydrogen) atoms. The molecule has 1 fully saturated rings. The normalized spacial score (nSPS) is 22.5. The van der Waals surface area contributed by atoms with E-state index in [0.717, 1.165) is 42.1 Å². The molecule has 0 radical (unpaired) electrons. The van der Waals surface area contributed by atoms with Crippen molar-refractivity contribution in [3.8, 4) is 12.3 Å². The molecule has 0 heteroatoms. The standard InChI is InChI=1S/C42H60/c1-7-10-11-12-14-38-15-13-16-42(30-29-38)35(6)34(5)32-37(9-3)18-17-33(4)31-41-27-25-40(26-28-41)24-23-39-21-19-36(8-2)20-22-39/h2,9,16,18-22,29-30,33-34,38,40-41H,3,6-7,10-15,17,23-28,31-32H2,1,4-5H3. The largest absolute Gasteiger partial charge is 0.115 e. The van der Waals surface area contributed by atoms with Crippen molar-refractivity contribution in [2.75, 3.05) is 0 Å². The minimum absolute atomic E-state index is 0.437. The highest BCUT2D eigenvalue weighted by molar-refractivity contribution is 5.41. The van der Waals surface area contributed by atoms with Crippen molar-refractivity contribution in [2.24, 2.45) is 29.6 Å². The van der Waals surface area contributed by atoms with Gasteiger partial charge in [0.05, 0.1) is 0 Å². The van der Waals surface area contributed by atoms with E-state index in [2.05, 4.69) is 94.5 Å². The summed E-state index contributed by atoms with van der Waals surface area (Å²) < 4.78 is 0. The summed E-state index contributed by atoms with van der Waals surface area (Å²) in [6, 6.07) is 8.57. The lowest BCUT2D eigenvalue weighted by molar-refractivity contribution is 0.232. The van der Waals surface area contributed by atoms with Crippen LogP contribution in [-0.2, 0) is 6.42 Å². The van der Waals surface area contributed by atoms with Crippen molar-refractivity contribution < 1.29 is 0 Å². The third-order valence-electron chi connectivity index (χ3n) is 10.1. The van der Waals surface area contributed by atoms with Crippen LogP contribution in [0.1, 0.15) is 128 Å². The fraction of sp³-hybridized carbons (Fsp3) is 0.571. The van der Waals surface area contributed by atoms with E-state index in [-0.39, 0.29) is 0 Å². The topological polar surface area (TPSA) is 0 Å². The van der Waals surface area contributed by atoms with E-state index in [1.807, 2.05) is 0 Å². The monoisotopic (exact) mass is 564 g/mol. The summed E-state index contributed by atoms with van der Waals surface area (Å²) in [5.74, 6) is 6.41. The van der Waals surface area contributed by atoms with Gasteiger partial charge in [0.2, 0.25) is 0 Å². The average molecular weight is 565 g/mol. The summed E-state index contributed by atoms with van der Waals surface area (Å²) >= 11 is 0. The van der Waals surface area contributed by atoms with Gasteiger partial charge in [-0.25, -0.2) is 0 Å². The first-order chi connectivity index (χ1) is 20.4. The Morgan fingerprint density at radius 3 is 2.43 bits per heavy atom. The number of aryl methyl sites for hydroxylation is 1. The van der Waals surface area contributed by atoms with Crippen LogP contribution in [0.5, 0.6) is 0 Å². The van der Waals surface area contributed by atoms with Gasteiger partial charge in [0.15, 0.2) is 0 Å². The summed E-state index contributed by atoms with van der Waals surface area (Å²) in [6.07, 6.45) is 38.3. The smallest absolute Gasteiger partial charge is 0.0242 e. The highest BCUT2D eigenvalue weighted by Gasteiger charge is 2.22. The molecule has 0 N–H and O–H groups in total. The van der Waals surface area contributed by atoms with Crippen molar-refractivity contribution in [3.63, 3.8) is 0 Å². The molecule has 3 unspecified atom stereocenters. The van der Waals surface area contributed by atoms with E-state index < -0.39 is 0 Å². The maximum atomic E-state index is 5.49. The first kappa shape index (κ1) is 34.0. The zero-order valence-corrected chi connectivity index (χ0v) is 27.4. The van der Waals surface area contributed by atoms with Crippen LogP contribution >= 0.6 is 0 Å². The average Bonchev–Trinajstić information content (AvgIpc) is 3.26. The Hall–Kier alpha value is -2.52. The number of rotatable bonds is 17. The van der Waals surface area contributed by atoms with Gasteiger partial charge in [-0.3, -0.25) is 0 Å². The minimum Gasteiger partial charge on any atom is -0.115 e. The predicted octanol–water partition coefficient (Wildman–Crippen LogP) is 12.4. The minimum atomic E-state index is 0.437. The quantitative estimate of drug-likeness (QED) is 0.100. The van der Waals surface area contributed by atoms with Crippen molar-refractivity contribution in [3.05, 3.63) is 95.6 Å². The van der Waals surface area contributed by atoms with Crippen LogP contribution in [0.25, 0.3) is 0 Å². The van der Waals surface area contributed by atoms with Crippen LogP contribution in [0.3, 0.4) is 0 Å². The van der Waals surface area contributed by atoms with E-state index in [9.17, 15) is 0 Å². The van der Waals surface area contributed by atoms with E-state index in [1.54, 1.807) is 0 Å². The highest BCUT2D eigenvalue weighted by atomic mass is 14.3. The predicted molar refractivity (Wildman–Crippen MR) is 186 cm³/mol. The third kappa shape index (κ3) is 12.0. The summed E-state index contributed by atoms with van der Waals surface area (Å²) in [4.78, 5) is 0. The fourth-order valence-corrected chi connectivity index (χ4v) is 7.09. The van der Waals surface area contributed by atoms with Crippen molar-refractivity contribution >= 4 is 0 Å². The van der Waals surface area contributed by atoms with Crippen LogP contribution in [0.4, 0.5) is 0 Å². The molecule has 0 spiro atoms. The molecule has 0 nitrogen and oxygen atoms in total. The van der Waals surface area contributed by atoms with Crippen LogP contribution in [-0.4, -0.2) is 0 Å². The number of unbranched alkanes of at least 4 members (excludes halogenated alkanes) is 3. The van der Waals surface area contributed by atoms with Gasteiger partial charge in [-0.1, -0.05) is 139 Å². The van der Waals surface area contributed by atoms with Gasteiger partial charge in [0.25, 0.3) is 0 Å². The summed E-state index contributed by atoms with van der Waals surface area (Å²) in [7, 11) is 0. The van der Waals surface area contributed by atoms with E-state index in [0.29, 0.717) is 5.92 Å². The number of hydrogen-bond donors (Lipinski definition) is 0. The van der Waals surface area contributed by atoms with Gasteiger partial charge >= 0.3 is 0 Å². The van der Waals surface area contributed by atoms with Gasteiger partial charge in [-0.15, -0.1) is 6.42 Å². The third-order valence-corrected chi connectivity index (χ3v) is 10.1. The lowest BCUT2D eigenvalue weighted by Gasteiger charge is -2.30. The lowest BCUT2D eigenvalue weighted by Crippen LogP contribution is -2.17. The van der Waals surface area contributed by atoms with E-state index in [1.165, 1.54) is 112 Å². The molecule has 3 atom stereocenters. The summed E-state index contributed by atoms with van der Waals surface area (Å²) in [6.45, 7) is 15.8. The Labute approximate surface area is 260 Å². The summed E-state index contributed by atoms with van der Waals surface area (Å²) in [5.41, 5.74) is 6.46. The van der Waals surface area contributed by atoms with Gasteiger partial charge in [-0.2, -0.15) is 0 Å². The van der Waals surface area contributed by atoms with Gasteiger partial charge in [0.1, 0.15) is 0 Å². The first-order valence-electron chi connectivity index (χ1n) is 17.4. The molecule has 1 saturated carbocycles. The molecule has 0 aliphatic heterocycles. The maximum Gasteiger partial charge on any atom is 0.0242 e. The second-order valence-corrected chi connectivity index (χ2v) is 13.7. The van der Waals surface area contributed by atoms with Crippen LogP contribution in [0.2, 0.25) is 0 Å². The molecular formula is C42H60. The van der Waals surface area contributed by atoms with E-state index in [4.69, 9.17) is 6.42 Å². The lowest BCUT2D eigenvalue weighted by atomic mass is 9.76. The first-order valence-corrected chi connectivity index (χ1v) is 17.4. The highest BCUT2D eigenvalue weighted by Crippen LogP contribution is 2.36. The molecule has 0 heterocycles. The van der Waals surface area contributed by atoms with Crippen molar-refractivity contribution in [1.29, 1.82) is 0 Å². The zero-order chi connectivity index (χ0) is 30.2. The van der Waals surface area contributed by atoms with Gasteiger partial charge in [-0.05, 0) is 110 Å². The van der Waals surface area contributed by atoms with Gasteiger partial charge < -0.3 is 0 Å². The molecule has 0 saturated heterocycles. The van der Waals surface area contributed by atoms with Gasteiger partial charge in [0, 0.05) is 5.56 Å². The van der Waals surface area contributed by atoms with Crippen molar-refractivity contribution in [2.45, 2.75) is 124 Å². The Morgan fingerprint density at radius 2 is 1.74 bits per heavy atom. The van der Waals surface area contributed by atoms with Crippen LogP contribution in [0.15, 0.2) is 84.5 Å². The van der Waals surface area contributed by atoms with Crippen LogP contribution < -0.4 is 0 Å². The van der Waals surface area contributed by atoms with Crippen molar-refractivity contribution in [1.82, 2.24) is 0 Å².